The number of likely N-dealkylation sites (tertiary alicyclic amines) is 1. The molecule has 4 rings (SSSR count). The summed E-state index contributed by atoms with van der Waals surface area (Å²) in [7, 11) is 3.20. The first-order valence-electron chi connectivity index (χ1n) is 9.46. The highest BCUT2D eigenvalue weighted by Gasteiger charge is 2.34. The minimum atomic E-state index is -0.102. The van der Waals surface area contributed by atoms with E-state index in [1.165, 1.54) is 5.56 Å². The highest BCUT2D eigenvalue weighted by atomic mass is 16.5. The first-order valence-corrected chi connectivity index (χ1v) is 9.46. The first-order chi connectivity index (χ1) is 14.1. The number of rotatable bonds is 6. The number of methoxy groups -OCH3 is 2. The van der Waals surface area contributed by atoms with E-state index in [4.69, 9.17) is 14.0 Å². The van der Waals surface area contributed by atoms with Gasteiger partial charge in [-0.3, -0.25) is 4.79 Å². The summed E-state index contributed by atoms with van der Waals surface area (Å²) in [4.78, 5) is 18.9. The molecule has 7 nitrogen and oxygen atoms in total. The Hall–Kier alpha value is -3.35. The van der Waals surface area contributed by atoms with Crippen LogP contribution < -0.4 is 9.47 Å². The molecule has 1 aliphatic heterocycles. The minimum absolute atomic E-state index is 0.0693. The zero-order valence-corrected chi connectivity index (χ0v) is 16.7. The fraction of sp³-hybridized carbons (Fsp3) is 0.318. The lowest BCUT2D eigenvalue weighted by Gasteiger charge is -2.17. The number of nitrogens with zero attached hydrogens (tertiary/aromatic N) is 3. The summed E-state index contributed by atoms with van der Waals surface area (Å²) in [6.45, 7) is 3.07. The molecular weight excluding hydrogens is 370 g/mol. The molecule has 1 amide bonds. The van der Waals surface area contributed by atoms with Gasteiger partial charge in [-0.25, -0.2) is 0 Å². The lowest BCUT2D eigenvalue weighted by atomic mass is 10.1. The molecule has 0 spiro atoms. The number of aryl methyl sites for hydroxylation is 1. The maximum Gasteiger partial charge on any atom is 0.232 e. The van der Waals surface area contributed by atoms with Gasteiger partial charge in [0.25, 0.3) is 0 Å². The Morgan fingerprint density at radius 2 is 1.86 bits per heavy atom. The number of hydrogen-bond acceptors (Lipinski definition) is 6. The van der Waals surface area contributed by atoms with Crippen LogP contribution in [0.1, 0.15) is 29.4 Å². The predicted molar refractivity (Wildman–Crippen MR) is 107 cm³/mol. The van der Waals surface area contributed by atoms with E-state index in [1.54, 1.807) is 14.2 Å². The average Bonchev–Trinajstić information content (AvgIpc) is 3.36. The van der Waals surface area contributed by atoms with Crippen LogP contribution in [0.2, 0.25) is 0 Å². The molecule has 3 aromatic rings. The van der Waals surface area contributed by atoms with Crippen LogP contribution in [-0.2, 0) is 11.3 Å². The lowest BCUT2D eigenvalue weighted by Crippen LogP contribution is -2.24. The number of aromatic nitrogens is 2. The third kappa shape index (κ3) is 3.94. The van der Waals surface area contributed by atoms with Gasteiger partial charge >= 0.3 is 0 Å². The highest BCUT2D eigenvalue weighted by molar-refractivity contribution is 5.79. The summed E-state index contributed by atoms with van der Waals surface area (Å²) in [6.07, 6.45) is 0.364. The van der Waals surface area contributed by atoms with Crippen LogP contribution in [0.15, 0.2) is 47.0 Å². The van der Waals surface area contributed by atoms with Crippen molar-refractivity contribution in [1.29, 1.82) is 0 Å². The molecule has 2 aromatic carbocycles. The van der Waals surface area contributed by atoms with Gasteiger partial charge in [0, 0.05) is 25.1 Å². The van der Waals surface area contributed by atoms with Crippen molar-refractivity contribution in [3.05, 3.63) is 59.5 Å². The largest absolute Gasteiger partial charge is 0.493 e. The van der Waals surface area contributed by atoms with Gasteiger partial charge in [0.1, 0.15) is 0 Å². The molecule has 1 fully saturated rings. The van der Waals surface area contributed by atoms with E-state index in [-0.39, 0.29) is 11.8 Å². The Kier molecular flexibility index (Phi) is 5.20. The molecule has 1 aliphatic rings. The van der Waals surface area contributed by atoms with Crippen molar-refractivity contribution >= 4 is 5.91 Å². The van der Waals surface area contributed by atoms with Crippen molar-refractivity contribution in [2.75, 3.05) is 20.8 Å². The average molecular weight is 393 g/mol. The van der Waals surface area contributed by atoms with E-state index in [1.807, 2.05) is 54.3 Å². The second kappa shape index (κ2) is 7.95. The Morgan fingerprint density at radius 3 is 2.59 bits per heavy atom. The fourth-order valence-electron chi connectivity index (χ4n) is 3.51. The van der Waals surface area contributed by atoms with Gasteiger partial charge in [-0.15, -0.1) is 0 Å². The van der Waals surface area contributed by atoms with Crippen molar-refractivity contribution in [2.45, 2.75) is 25.8 Å². The van der Waals surface area contributed by atoms with Crippen LogP contribution in [0.4, 0.5) is 0 Å². The summed E-state index contributed by atoms with van der Waals surface area (Å²) in [5, 5.41) is 4.09. The molecule has 0 saturated carbocycles. The second-order valence-corrected chi connectivity index (χ2v) is 7.19. The quantitative estimate of drug-likeness (QED) is 0.637. The van der Waals surface area contributed by atoms with Crippen molar-refractivity contribution in [3.63, 3.8) is 0 Å². The molecule has 2 heterocycles. The highest BCUT2D eigenvalue weighted by Crippen LogP contribution is 2.32. The third-order valence-electron chi connectivity index (χ3n) is 5.14. The molecule has 1 saturated heterocycles. The molecular formula is C22H23N3O4. The molecule has 0 radical (unpaired) electrons. The van der Waals surface area contributed by atoms with Crippen LogP contribution in [0.5, 0.6) is 11.5 Å². The number of amides is 1. The number of carbonyl (C=O) groups is 1. The van der Waals surface area contributed by atoms with E-state index in [0.717, 1.165) is 11.1 Å². The van der Waals surface area contributed by atoms with Crippen LogP contribution in [0, 0.1) is 6.92 Å². The maximum absolute atomic E-state index is 12.5. The summed E-state index contributed by atoms with van der Waals surface area (Å²) < 4.78 is 16.1. The zero-order valence-electron chi connectivity index (χ0n) is 16.7. The number of carbonyl (C=O) groups excluding carboxylic acids is 1. The summed E-state index contributed by atoms with van der Waals surface area (Å²) in [5.41, 5.74) is 3.05. The molecule has 1 aromatic heterocycles. The molecule has 7 heteroatoms. The summed E-state index contributed by atoms with van der Waals surface area (Å²) in [6, 6.07) is 13.6. The van der Waals surface area contributed by atoms with Gasteiger partial charge in [0.15, 0.2) is 11.5 Å². The van der Waals surface area contributed by atoms with Crippen LogP contribution in [0.3, 0.4) is 0 Å². The SMILES string of the molecule is COc1ccc(CN2CC(c3nc(-c4ccc(C)cc4)no3)CC2=O)cc1OC. The van der Waals surface area contributed by atoms with Gasteiger partial charge in [-0.1, -0.05) is 41.1 Å². The van der Waals surface area contributed by atoms with Gasteiger partial charge in [0.2, 0.25) is 17.6 Å². The monoisotopic (exact) mass is 393 g/mol. The normalized spacial score (nSPS) is 16.3. The molecule has 29 heavy (non-hydrogen) atoms. The van der Waals surface area contributed by atoms with Crippen LogP contribution >= 0.6 is 0 Å². The van der Waals surface area contributed by atoms with Crippen LogP contribution in [-0.4, -0.2) is 41.7 Å². The maximum atomic E-state index is 12.5. The van der Waals surface area contributed by atoms with E-state index in [0.29, 0.717) is 42.7 Å². The van der Waals surface area contributed by atoms with Crippen molar-refractivity contribution < 1.29 is 18.8 Å². The first kappa shape index (κ1) is 19.0. The molecule has 1 unspecified atom stereocenters. The van der Waals surface area contributed by atoms with Gasteiger partial charge in [0.05, 0.1) is 20.1 Å². The molecule has 150 valence electrons. The smallest absolute Gasteiger partial charge is 0.232 e. The van der Waals surface area contributed by atoms with Crippen molar-refractivity contribution in [1.82, 2.24) is 15.0 Å². The lowest BCUT2D eigenvalue weighted by molar-refractivity contribution is -0.128. The molecule has 1 atom stereocenters. The van der Waals surface area contributed by atoms with E-state index >= 15 is 0 Å². The van der Waals surface area contributed by atoms with Crippen molar-refractivity contribution in [3.8, 4) is 22.9 Å². The molecule has 0 bridgehead atoms. The topological polar surface area (TPSA) is 77.7 Å². The standard InChI is InChI=1S/C22H23N3O4/c1-14-4-7-16(8-5-14)21-23-22(29-24-21)17-11-20(26)25(13-17)12-15-6-9-18(27-2)19(10-15)28-3/h4-10,17H,11-13H2,1-3H3. The zero-order chi connectivity index (χ0) is 20.4. The van der Waals surface area contributed by atoms with E-state index < -0.39 is 0 Å². The van der Waals surface area contributed by atoms with Gasteiger partial charge < -0.3 is 18.9 Å². The van der Waals surface area contributed by atoms with Gasteiger partial charge in [-0.2, -0.15) is 4.98 Å². The summed E-state index contributed by atoms with van der Waals surface area (Å²) in [5.74, 6) is 2.33. The Bertz CT molecular complexity index is 1010. The number of ether oxygens (including phenoxy) is 2. The summed E-state index contributed by atoms with van der Waals surface area (Å²) >= 11 is 0. The predicted octanol–water partition coefficient (Wildman–Crippen LogP) is 3.58. The Morgan fingerprint density at radius 1 is 1.10 bits per heavy atom. The molecule has 0 N–H and O–H groups in total. The Labute approximate surface area is 169 Å². The molecule has 0 aliphatic carbocycles. The minimum Gasteiger partial charge on any atom is -0.493 e. The van der Waals surface area contributed by atoms with Crippen molar-refractivity contribution in [2.24, 2.45) is 0 Å². The fourth-order valence-corrected chi connectivity index (χ4v) is 3.51. The third-order valence-corrected chi connectivity index (χ3v) is 5.14. The van der Waals surface area contributed by atoms with E-state index in [9.17, 15) is 4.79 Å². The number of hydrogen-bond donors (Lipinski definition) is 0. The second-order valence-electron chi connectivity index (χ2n) is 7.19. The number of benzene rings is 2. The van der Waals surface area contributed by atoms with E-state index in [2.05, 4.69) is 10.1 Å². The van der Waals surface area contributed by atoms with Gasteiger partial charge in [-0.05, 0) is 24.6 Å². The van der Waals surface area contributed by atoms with Crippen LogP contribution in [0.25, 0.3) is 11.4 Å². The Balaban J connectivity index is 1.46.